The van der Waals surface area contributed by atoms with E-state index in [1.165, 1.54) is 11.8 Å². The zero-order valence-corrected chi connectivity index (χ0v) is 19.5. The molecule has 3 rings (SSSR count). The van der Waals surface area contributed by atoms with Crippen molar-refractivity contribution < 1.29 is 39.1 Å². The molecule has 0 aromatic heterocycles. The topological polar surface area (TPSA) is 182 Å². The lowest BCUT2D eigenvalue weighted by Gasteiger charge is -2.32. The Morgan fingerprint density at radius 2 is 1.79 bits per heavy atom. The number of imide groups is 1. The van der Waals surface area contributed by atoms with Gasteiger partial charge in [-0.2, -0.15) is 5.06 Å². The monoisotopic (exact) mass is 498 g/mol. The molecule has 3 aliphatic rings. The van der Waals surface area contributed by atoms with E-state index in [9.17, 15) is 34.0 Å². The molecule has 1 unspecified atom stereocenters. The molecule has 3 fully saturated rings. The SMILES string of the molecule is O=C(O)CCCC[C@]1(C(=O)NCCCCCC(=O)C2CC(=O)N(O)C2=O)SC[C@@H]2NC(=O)N[C@@H]21. The number of Topliss-reactive ketones (excluding diaryl/α,β-unsaturated/α-hetero) is 1. The standard InChI is InChI=1S/C21H30N4O8S/c26-14(12-10-15(27)25(33)18(12)30)6-2-1-5-9-22-19(31)21(8-4-3-7-16(28)29)17-13(11-34-21)23-20(32)24-17/h12-13,17,33H,1-11H2,(H,22,31)(H,28,29)(H2,23,24,32)/t12?,13-,17-,21-/m0/s1. The van der Waals surface area contributed by atoms with Crippen molar-refractivity contribution in [2.24, 2.45) is 5.92 Å². The lowest BCUT2D eigenvalue weighted by Crippen LogP contribution is -2.56. The summed E-state index contributed by atoms with van der Waals surface area (Å²) in [4.78, 5) is 70.9. The number of amides is 5. The number of ketones is 1. The number of nitrogens with one attached hydrogen (secondary N) is 3. The van der Waals surface area contributed by atoms with E-state index < -0.39 is 28.4 Å². The van der Waals surface area contributed by atoms with Crippen molar-refractivity contribution in [3.05, 3.63) is 0 Å². The molecule has 3 aliphatic heterocycles. The molecule has 0 aliphatic carbocycles. The molecule has 34 heavy (non-hydrogen) atoms. The number of aliphatic carboxylic acids is 1. The second-order valence-corrected chi connectivity index (χ2v) is 10.2. The minimum absolute atomic E-state index is 0.00346. The molecule has 3 saturated heterocycles. The summed E-state index contributed by atoms with van der Waals surface area (Å²) in [6, 6.07) is -0.839. The van der Waals surface area contributed by atoms with Crippen LogP contribution in [0.5, 0.6) is 0 Å². The van der Waals surface area contributed by atoms with E-state index in [2.05, 4.69) is 16.0 Å². The Morgan fingerprint density at radius 1 is 1.06 bits per heavy atom. The Hall–Kier alpha value is -2.67. The van der Waals surface area contributed by atoms with Crippen LogP contribution in [0.25, 0.3) is 0 Å². The molecule has 0 aromatic rings. The average Bonchev–Trinajstić information content (AvgIpc) is 3.41. The number of thioether (sulfide) groups is 1. The fraction of sp³-hybridized carbons (Fsp3) is 0.714. The number of hydroxylamine groups is 2. The molecule has 0 aromatic carbocycles. The van der Waals surface area contributed by atoms with E-state index in [4.69, 9.17) is 5.11 Å². The third kappa shape index (κ3) is 5.69. The highest BCUT2D eigenvalue weighted by molar-refractivity contribution is 8.01. The fourth-order valence-electron chi connectivity index (χ4n) is 4.65. The van der Waals surface area contributed by atoms with Gasteiger partial charge in [-0.25, -0.2) is 4.79 Å². The predicted octanol–water partition coefficient (Wildman–Crippen LogP) is 0.177. The summed E-state index contributed by atoms with van der Waals surface area (Å²) in [6.07, 6.45) is 2.97. The van der Waals surface area contributed by atoms with Gasteiger partial charge in [0.25, 0.3) is 11.8 Å². The van der Waals surface area contributed by atoms with Crippen LogP contribution in [0.15, 0.2) is 0 Å². The van der Waals surface area contributed by atoms with E-state index in [1.54, 1.807) is 0 Å². The van der Waals surface area contributed by atoms with E-state index in [0.29, 0.717) is 50.8 Å². The van der Waals surface area contributed by atoms with Gasteiger partial charge in [-0.1, -0.05) is 12.8 Å². The Balaban J connectivity index is 1.43. The van der Waals surface area contributed by atoms with Gasteiger partial charge in [0.2, 0.25) is 5.91 Å². The Bertz CT molecular complexity index is 868. The molecule has 4 atom stereocenters. The van der Waals surface area contributed by atoms with Gasteiger partial charge in [0.05, 0.1) is 12.1 Å². The van der Waals surface area contributed by atoms with Gasteiger partial charge < -0.3 is 21.1 Å². The molecule has 13 heteroatoms. The minimum atomic E-state index is -1.11. The highest BCUT2D eigenvalue weighted by Gasteiger charge is 2.57. The van der Waals surface area contributed by atoms with Crippen molar-refractivity contribution in [2.45, 2.75) is 74.6 Å². The molecule has 5 amide bonds. The van der Waals surface area contributed by atoms with E-state index >= 15 is 0 Å². The number of fused-ring (bicyclic) bond motifs is 1. The number of hydrogen-bond acceptors (Lipinski definition) is 8. The summed E-state index contributed by atoms with van der Waals surface area (Å²) < 4.78 is -0.871. The van der Waals surface area contributed by atoms with Crippen LogP contribution in [0, 0.1) is 5.92 Å². The van der Waals surface area contributed by atoms with Crippen LogP contribution in [0.3, 0.4) is 0 Å². The van der Waals surface area contributed by atoms with Crippen LogP contribution < -0.4 is 16.0 Å². The first-order chi connectivity index (χ1) is 16.2. The van der Waals surface area contributed by atoms with Crippen molar-refractivity contribution in [1.82, 2.24) is 21.0 Å². The highest BCUT2D eigenvalue weighted by atomic mass is 32.2. The smallest absolute Gasteiger partial charge is 0.315 e. The molecule has 3 heterocycles. The quantitative estimate of drug-likeness (QED) is 0.0777. The summed E-state index contributed by atoms with van der Waals surface area (Å²) in [5, 5.41) is 26.7. The van der Waals surface area contributed by atoms with E-state index in [-0.39, 0.29) is 54.1 Å². The van der Waals surface area contributed by atoms with Crippen LogP contribution in [-0.2, 0) is 24.0 Å². The van der Waals surface area contributed by atoms with Gasteiger partial charge in [0.15, 0.2) is 0 Å². The van der Waals surface area contributed by atoms with Gasteiger partial charge in [-0.05, 0) is 25.7 Å². The maximum Gasteiger partial charge on any atom is 0.315 e. The zero-order chi connectivity index (χ0) is 24.9. The van der Waals surface area contributed by atoms with E-state index in [0.717, 1.165) is 0 Å². The van der Waals surface area contributed by atoms with Gasteiger partial charge >= 0.3 is 12.0 Å². The lowest BCUT2D eigenvalue weighted by atomic mass is 9.88. The summed E-state index contributed by atoms with van der Waals surface area (Å²) in [5.74, 6) is -3.63. The van der Waals surface area contributed by atoms with Crippen molar-refractivity contribution in [3.8, 4) is 0 Å². The Labute approximate surface area is 200 Å². The number of carboxylic acid groups (broad SMARTS) is 1. The Morgan fingerprint density at radius 3 is 2.47 bits per heavy atom. The summed E-state index contributed by atoms with van der Waals surface area (Å²) >= 11 is 1.47. The number of unbranched alkanes of at least 4 members (excludes halogenated alkanes) is 3. The van der Waals surface area contributed by atoms with Gasteiger partial charge in [0, 0.05) is 31.6 Å². The molecule has 12 nitrogen and oxygen atoms in total. The van der Waals surface area contributed by atoms with E-state index in [1.807, 2.05) is 0 Å². The van der Waals surface area contributed by atoms with Crippen molar-refractivity contribution in [2.75, 3.05) is 12.3 Å². The number of rotatable bonds is 13. The minimum Gasteiger partial charge on any atom is -0.481 e. The first-order valence-electron chi connectivity index (χ1n) is 11.4. The average molecular weight is 499 g/mol. The zero-order valence-electron chi connectivity index (χ0n) is 18.7. The first-order valence-corrected chi connectivity index (χ1v) is 12.4. The largest absolute Gasteiger partial charge is 0.481 e. The lowest BCUT2D eigenvalue weighted by molar-refractivity contribution is -0.172. The molecular formula is C21H30N4O8S. The van der Waals surface area contributed by atoms with Crippen molar-refractivity contribution in [3.63, 3.8) is 0 Å². The van der Waals surface area contributed by atoms with Gasteiger partial charge in [-0.15, -0.1) is 11.8 Å². The molecule has 0 spiro atoms. The number of carbonyl (C=O) groups is 6. The Kier molecular flexibility index (Phi) is 8.52. The summed E-state index contributed by atoms with van der Waals surface area (Å²) in [6.45, 7) is 0.370. The van der Waals surface area contributed by atoms with Crippen LogP contribution in [-0.4, -0.2) is 80.0 Å². The third-order valence-corrected chi connectivity index (χ3v) is 8.18. The van der Waals surface area contributed by atoms with Crippen molar-refractivity contribution in [1.29, 1.82) is 0 Å². The number of hydrogen-bond donors (Lipinski definition) is 5. The van der Waals surface area contributed by atoms with Crippen LogP contribution in [0.4, 0.5) is 4.79 Å². The normalized spacial score (nSPS) is 28.0. The molecule has 0 bridgehead atoms. The predicted molar refractivity (Wildman–Crippen MR) is 119 cm³/mol. The number of carbonyl (C=O) groups excluding carboxylic acids is 5. The number of carboxylic acids is 1. The highest BCUT2D eigenvalue weighted by Crippen LogP contribution is 2.44. The number of urea groups is 1. The van der Waals surface area contributed by atoms with Crippen molar-refractivity contribution >= 4 is 47.3 Å². The fourth-order valence-corrected chi connectivity index (χ4v) is 6.30. The molecule has 0 saturated carbocycles. The van der Waals surface area contributed by atoms with Gasteiger partial charge in [0.1, 0.15) is 16.4 Å². The molecule has 188 valence electrons. The third-order valence-electron chi connectivity index (χ3n) is 6.50. The van der Waals surface area contributed by atoms with Crippen LogP contribution in [0.2, 0.25) is 0 Å². The summed E-state index contributed by atoms with van der Waals surface area (Å²) in [7, 11) is 0. The maximum atomic E-state index is 13.2. The maximum absolute atomic E-state index is 13.2. The van der Waals surface area contributed by atoms with Crippen LogP contribution >= 0.6 is 11.8 Å². The second-order valence-electron chi connectivity index (χ2n) is 8.84. The first kappa shape index (κ1) is 25.9. The number of nitrogens with zero attached hydrogens (tertiary/aromatic N) is 1. The summed E-state index contributed by atoms with van der Waals surface area (Å²) in [5.41, 5.74) is 0. The van der Waals surface area contributed by atoms with Crippen LogP contribution in [0.1, 0.15) is 57.8 Å². The molecule has 5 N–H and O–H groups in total. The molecular weight excluding hydrogens is 468 g/mol. The van der Waals surface area contributed by atoms with Gasteiger partial charge in [-0.3, -0.25) is 29.2 Å². The molecule has 0 radical (unpaired) electrons. The second kappa shape index (κ2) is 11.2.